The predicted molar refractivity (Wildman–Crippen MR) is 114 cm³/mol. The number of nitrogens with zero attached hydrogens (tertiary/aromatic N) is 4. The molecule has 0 spiro atoms. The molecule has 2 fully saturated rings. The third-order valence-electron chi connectivity index (χ3n) is 6.38. The average molecular weight is 393 g/mol. The number of aryl methyl sites for hydroxylation is 1. The van der Waals surface area contributed by atoms with Gasteiger partial charge in [0.25, 0.3) is 0 Å². The van der Waals surface area contributed by atoms with Gasteiger partial charge in [0.05, 0.1) is 24.4 Å². The number of nitrogens with one attached hydrogen (secondary N) is 2. The third-order valence-corrected chi connectivity index (χ3v) is 6.38. The van der Waals surface area contributed by atoms with E-state index in [0.717, 1.165) is 59.8 Å². The summed E-state index contributed by atoms with van der Waals surface area (Å²) in [6.45, 7) is 5.93. The van der Waals surface area contributed by atoms with Crippen LogP contribution in [0.1, 0.15) is 31.4 Å². The molecule has 1 aliphatic carbocycles. The smallest absolute Gasteiger partial charge is 0.137 e. The van der Waals surface area contributed by atoms with E-state index < -0.39 is 0 Å². The Labute approximate surface area is 170 Å². The van der Waals surface area contributed by atoms with Gasteiger partial charge < -0.3 is 10.1 Å². The van der Waals surface area contributed by atoms with Gasteiger partial charge in [0.2, 0.25) is 0 Å². The van der Waals surface area contributed by atoms with Crippen LogP contribution in [0.3, 0.4) is 0 Å². The summed E-state index contributed by atoms with van der Waals surface area (Å²) >= 11 is 0. The van der Waals surface area contributed by atoms with Crippen molar-refractivity contribution in [2.45, 2.75) is 44.7 Å². The van der Waals surface area contributed by atoms with Gasteiger partial charge in [-0.2, -0.15) is 5.10 Å². The van der Waals surface area contributed by atoms with Crippen LogP contribution in [0.5, 0.6) is 0 Å². The fourth-order valence-corrected chi connectivity index (χ4v) is 4.71. The maximum atomic E-state index is 5.50. The number of ether oxygens (including phenoxy) is 1. The van der Waals surface area contributed by atoms with Gasteiger partial charge in [0.1, 0.15) is 12.1 Å². The first-order valence-electron chi connectivity index (χ1n) is 10.6. The van der Waals surface area contributed by atoms with E-state index in [0.29, 0.717) is 12.1 Å². The summed E-state index contributed by atoms with van der Waals surface area (Å²) in [6, 6.07) is 7.51. The molecule has 2 aliphatic rings. The Hall–Kier alpha value is -2.51. The summed E-state index contributed by atoms with van der Waals surface area (Å²) in [5, 5.41) is 12.0. The minimum Gasteiger partial charge on any atom is -0.379 e. The molecule has 0 bridgehead atoms. The second-order valence-electron chi connectivity index (χ2n) is 8.14. The molecular weight excluding hydrogens is 364 g/mol. The first kappa shape index (κ1) is 18.5. The van der Waals surface area contributed by atoms with E-state index in [1.54, 1.807) is 6.33 Å². The van der Waals surface area contributed by atoms with Crippen LogP contribution in [-0.2, 0) is 4.74 Å². The largest absolute Gasteiger partial charge is 0.379 e. The lowest BCUT2D eigenvalue weighted by atomic mass is 9.90. The Kier molecular flexibility index (Phi) is 5.16. The molecule has 0 unspecified atom stereocenters. The van der Waals surface area contributed by atoms with E-state index in [1.807, 2.05) is 13.1 Å². The quantitative estimate of drug-likeness (QED) is 0.709. The Bertz CT molecular complexity index is 972. The monoisotopic (exact) mass is 392 g/mol. The molecule has 1 saturated heterocycles. The summed E-state index contributed by atoms with van der Waals surface area (Å²) in [6.07, 6.45) is 8.43. The number of aromatic amines is 1. The van der Waals surface area contributed by atoms with Crippen molar-refractivity contribution in [3.8, 4) is 11.1 Å². The highest BCUT2D eigenvalue weighted by Crippen LogP contribution is 2.30. The van der Waals surface area contributed by atoms with Crippen LogP contribution in [0, 0.1) is 6.92 Å². The van der Waals surface area contributed by atoms with E-state index in [1.165, 1.54) is 25.7 Å². The Morgan fingerprint density at radius 1 is 1.10 bits per heavy atom. The molecule has 29 heavy (non-hydrogen) atoms. The van der Waals surface area contributed by atoms with Crippen LogP contribution in [0.15, 0.2) is 30.7 Å². The molecule has 1 aliphatic heterocycles. The number of fused-ring (bicyclic) bond motifs is 1. The molecule has 152 valence electrons. The highest BCUT2D eigenvalue weighted by atomic mass is 16.5. The summed E-state index contributed by atoms with van der Waals surface area (Å²) in [4.78, 5) is 11.7. The number of hydrogen-bond donors (Lipinski definition) is 2. The molecule has 0 amide bonds. The molecule has 0 atom stereocenters. The number of H-pyrrole nitrogens is 1. The van der Waals surface area contributed by atoms with Gasteiger partial charge in [-0.1, -0.05) is 6.07 Å². The van der Waals surface area contributed by atoms with Crippen LogP contribution in [-0.4, -0.2) is 63.5 Å². The Morgan fingerprint density at radius 2 is 1.93 bits per heavy atom. The highest BCUT2D eigenvalue weighted by molar-refractivity contribution is 5.92. The zero-order valence-electron chi connectivity index (χ0n) is 16.9. The topological polar surface area (TPSA) is 79.0 Å². The van der Waals surface area contributed by atoms with Gasteiger partial charge in [-0.25, -0.2) is 9.97 Å². The number of hydrogen-bond acceptors (Lipinski definition) is 6. The molecule has 1 saturated carbocycles. The van der Waals surface area contributed by atoms with E-state index in [2.05, 4.69) is 48.6 Å². The summed E-state index contributed by atoms with van der Waals surface area (Å²) in [5.41, 5.74) is 4.22. The standard InChI is InChI=1S/C22H28N6O/c1-15-20(13-25-27-15)16-2-7-21-19(12-16)22(24-14-23-21)26-17-3-5-18(6-4-17)28-8-10-29-11-9-28/h2,7,12-14,17-18H,3-6,8-11H2,1H3,(H,25,27)(H,23,24,26)/t17-,18-. The second-order valence-corrected chi connectivity index (χ2v) is 8.14. The van der Waals surface area contributed by atoms with Gasteiger partial charge in [-0.3, -0.25) is 10.00 Å². The number of anilines is 1. The van der Waals surface area contributed by atoms with Gasteiger partial charge in [-0.05, 0) is 50.3 Å². The van der Waals surface area contributed by atoms with Crippen LogP contribution < -0.4 is 5.32 Å². The van der Waals surface area contributed by atoms with Crippen molar-refractivity contribution in [3.05, 3.63) is 36.4 Å². The number of rotatable bonds is 4. The van der Waals surface area contributed by atoms with Crippen molar-refractivity contribution in [3.63, 3.8) is 0 Å². The molecule has 7 heteroatoms. The molecule has 3 heterocycles. The van der Waals surface area contributed by atoms with Crippen LogP contribution in [0.25, 0.3) is 22.0 Å². The third kappa shape index (κ3) is 3.84. The molecule has 2 aromatic heterocycles. The normalized spacial score (nSPS) is 23.3. The summed E-state index contributed by atoms with van der Waals surface area (Å²) in [7, 11) is 0. The molecule has 5 rings (SSSR count). The SMILES string of the molecule is Cc1n[nH]cc1-c1ccc2ncnc(N[C@H]3CC[C@H](N4CCOCC4)CC3)c2c1. The van der Waals surface area contributed by atoms with Crippen molar-refractivity contribution in [2.24, 2.45) is 0 Å². The maximum Gasteiger partial charge on any atom is 0.137 e. The minimum absolute atomic E-state index is 0.463. The van der Waals surface area contributed by atoms with Gasteiger partial charge in [-0.15, -0.1) is 0 Å². The Morgan fingerprint density at radius 3 is 2.69 bits per heavy atom. The van der Waals surface area contributed by atoms with Crippen molar-refractivity contribution in [1.82, 2.24) is 25.1 Å². The van der Waals surface area contributed by atoms with Crippen molar-refractivity contribution in [2.75, 3.05) is 31.6 Å². The van der Waals surface area contributed by atoms with Gasteiger partial charge in [0.15, 0.2) is 0 Å². The molecule has 1 aromatic carbocycles. The fraction of sp³-hybridized carbons (Fsp3) is 0.500. The summed E-state index contributed by atoms with van der Waals surface area (Å²) < 4.78 is 5.50. The maximum absolute atomic E-state index is 5.50. The lowest BCUT2D eigenvalue weighted by molar-refractivity contribution is 0.00791. The lowest BCUT2D eigenvalue weighted by Crippen LogP contribution is -2.46. The second kappa shape index (κ2) is 8.08. The van der Waals surface area contributed by atoms with Crippen LogP contribution >= 0.6 is 0 Å². The van der Waals surface area contributed by atoms with E-state index >= 15 is 0 Å². The van der Waals surface area contributed by atoms with E-state index in [4.69, 9.17) is 4.74 Å². The van der Waals surface area contributed by atoms with Gasteiger partial charge >= 0.3 is 0 Å². The zero-order chi connectivity index (χ0) is 19.6. The number of aromatic nitrogens is 4. The zero-order valence-corrected chi connectivity index (χ0v) is 16.9. The lowest BCUT2D eigenvalue weighted by Gasteiger charge is -2.39. The fourth-order valence-electron chi connectivity index (χ4n) is 4.71. The van der Waals surface area contributed by atoms with Crippen molar-refractivity contribution >= 4 is 16.7 Å². The molecule has 3 aromatic rings. The van der Waals surface area contributed by atoms with Crippen LogP contribution in [0.2, 0.25) is 0 Å². The molecular formula is C22H28N6O. The van der Waals surface area contributed by atoms with E-state index in [-0.39, 0.29) is 0 Å². The first-order chi connectivity index (χ1) is 14.3. The van der Waals surface area contributed by atoms with Gasteiger partial charge in [0, 0.05) is 42.3 Å². The number of benzene rings is 1. The molecule has 7 nitrogen and oxygen atoms in total. The summed E-state index contributed by atoms with van der Waals surface area (Å²) in [5.74, 6) is 0.938. The predicted octanol–water partition coefficient (Wildman–Crippen LogP) is 3.38. The van der Waals surface area contributed by atoms with E-state index in [9.17, 15) is 0 Å². The Balaban J connectivity index is 1.32. The highest BCUT2D eigenvalue weighted by Gasteiger charge is 2.27. The van der Waals surface area contributed by atoms with Crippen molar-refractivity contribution in [1.29, 1.82) is 0 Å². The van der Waals surface area contributed by atoms with Crippen molar-refractivity contribution < 1.29 is 4.74 Å². The average Bonchev–Trinajstić information content (AvgIpc) is 3.21. The minimum atomic E-state index is 0.463. The number of morpholine rings is 1. The van der Waals surface area contributed by atoms with Crippen LogP contribution in [0.4, 0.5) is 5.82 Å². The molecule has 2 N–H and O–H groups in total. The first-order valence-corrected chi connectivity index (χ1v) is 10.6. The molecule has 0 radical (unpaired) electrons.